The Morgan fingerprint density at radius 1 is 1.30 bits per heavy atom. The number of rotatable bonds is 5. The van der Waals surface area contributed by atoms with Crippen LogP contribution in [0.15, 0.2) is 48.5 Å². The number of fused-ring (bicyclic) bond motifs is 2. The molecule has 3 atom stereocenters. The van der Waals surface area contributed by atoms with E-state index in [1.54, 1.807) is 7.11 Å². The molecular formula is C21H22O6. The molecule has 1 aromatic carbocycles. The zero-order chi connectivity index (χ0) is 19.2. The van der Waals surface area contributed by atoms with Gasteiger partial charge in [0.1, 0.15) is 11.9 Å². The Hall–Kier alpha value is -2.89. The van der Waals surface area contributed by atoms with Gasteiger partial charge in [0.2, 0.25) is 18.3 Å². The van der Waals surface area contributed by atoms with Gasteiger partial charge >= 0.3 is 0 Å². The minimum Gasteiger partial charge on any atom is -0.493 e. The number of carbonyl (C=O) groups excluding carboxylic acids is 1. The molecule has 0 aromatic heterocycles. The molecule has 1 aliphatic carbocycles. The molecule has 0 N–H and O–H groups in total. The second kappa shape index (κ2) is 6.37. The molecule has 4 rings (SSSR count). The monoisotopic (exact) mass is 370 g/mol. The van der Waals surface area contributed by atoms with Gasteiger partial charge in [-0.15, -0.1) is 6.58 Å². The Kier molecular flexibility index (Phi) is 4.13. The van der Waals surface area contributed by atoms with Crippen LogP contribution in [-0.4, -0.2) is 26.8 Å². The zero-order valence-electron chi connectivity index (χ0n) is 15.6. The Bertz CT molecular complexity index is 868. The van der Waals surface area contributed by atoms with Crippen molar-refractivity contribution in [2.24, 2.45) is 11.3 Å². The summed E-state index contributed by atoms with van der Waals surface area (Å²) in [5, 5.41) is 0. The molecule has 6 heteroatoms. The van der Waals surface area contributed by atoms with E-state index >= 15 is 0 Å². The fourth-order valence-corrected chi connectivity index (χ4v) is 4.12. The van der Waals surface area contributed by atoms with Crippen molar-refractivity contribution in [2.75, 3.05) is 21.0 Å². The molecule has 1 aromatic rings. The van der Waals surface area contributed by atoms with Crippen molar-refractivity contribution >= 4 is 5.78 Å². The van der Waals surface area contributed by atoms with Gasteiger partial charge in [-0.05, 0) is 24.6 Å². The van der Waals surface area contributed by atoms with E-state index in [2.05, 4.69) is 13.5 Å². The third-order valence-electron chi connectivity index (χ3n) is 5.58. The normalized spacial score (nSPS) is 28.0. The summed E-state index contributed by atoms with van der Waals surface area (Å²) in [4.78, 5) is 12.3. The predicted molar refractivity (Wildman–Crippen MR) is 97.5 cm³/mol. The Balaban J connectivity index is 1.79. The topological polar surface area (TPSA) is 63.2 Å². The second-order valence-electron chi connectivity index (χ2n) is 6.90. The van der Waals surface area contributed by atoms with Crippen molar-refractivity contribution in [3.8, 4) is 17.2 Å². The Morgan fingerprint density at radius 2 is 2.11 bits per heavy atom. The van der Waals surface area contributed by atoms with Gasteiger partial charge < -0.3 is 23.7 Å². The summed E-state index contributed by atoms with van der Waals surface area (Å²) in [7, 11) is 3.10. The van der Waals surface area contributed by atoms with Crippen LogP contribution in [0.1, 0.15) is 25.0 Å². The van der Waals surface area contributed by atoms with Crippen LogP contribution in [0.3, 0.4) is 0 Å². The maximum atomic E-state index is 12.3. The molecule has 0 bridgehead atoms. The van der Waals surface area contributed by atoms with Crippen molar-refractivity contribution < 1.29 is 28.5 Å². The molecule has 0 saturated carbocycles. The first-order valence-electron chi connectivity index (χ1n) is 8.82. The lowest BCUT2D eigenvalue weighted by Crippen LogP contribution is -2.29. The van der Waals surface area contributed by atoms with Crippen LogP contribution in [0.5, 0.6) is 17.2 Å². The van der Waals surface area contributed by atoms with Crippen LogP contribution in [0.4, 0.5) is 0 Å². The first-order valence-corrected chi connectivity index (χ1v) is 8.82. The molecule has 1 fully saturated rings. The van der Waals surface area contributed by atoms with Crippen molar-refractivity contribution in [1.29, 1.82) is 0 Å². The molecule has 27 heavy (non-hydrogen) atoms. The van der Waals surface area contributed by atoms with Crippen LogP contribution >= 0.6 is 0 Å². The number of hydrogen-bond acceptors (Lipinski definition) is 6. The molecule has 1 saturated heterocycles. The highest BCUT2D eigenvalue weighted by Crippen LogP contribution is 2.58. The number of ketones is 1. The number of hydrogen-bond donors (Lipinski definition) is 0. The summed E-state index contributed by atoms with van der Waals surface area (Å²) in [6, 6.07) is 3.81. The number of ether oxygens (including phenoxy) is 5. The standard InChI is InChI=1S/C21H22O6/c1-5-6-21-10-17(24-4)14(22)9-18(21)27-19(12(21)2)13-7-15(23-3)20-16(8-13)25-11-26-20/h5,7-10,12,19H,1,6,11H2,2-4H3/t12-,19+,21+/m1/s1. The number of carbonyl (C=O) groups is 1. The maximum Gasteiger partial charge on any atom is 0.231 e. The van der Waals surface area contributed by atoms with E-state index in [9.17, 15) is 4.79 Å². The number of benzene rings is 1. The third kappa shape index (κ3) is 2.51. The second-order valence-corrected chi connectivity index (χ2v) is 6.90. The van der Waals surface area contributed by atoms with E-state index < -0.39 is 5.41 Å². The van der Waals surface area contributed by atoms with Gasteiger partial charge in [0.05, 0.1) is 19.6 Å². The minimum atomic E-state index is -0.477. The van der Waals surface area contributed by atoms with Gasteiger partial charge in [-0.1, -0.05) is 13.0 Å². The Morgan fingerprint density at radius 3 is 2.81 bits per heavy atom. The van der Waals surface area contributed by atoms with E-state index in [0.717, 1.165) is 5.56 Å². The molecule has 0 unspecified atom stereocenters. The molecule has 0 spiro atoms. The molecule has 142 valence electrons. The fourth-order valence-electron chi connectivity index (χ4n) is 4.12. The molecule has 0 radical (unpaired) electrons. The van der Waals surface area contributed by atoms with Crippen LogP contribution in [-0.2, 0) is 14.3 Å². The summed E-state index contributed by atoms with van der Waals surface area (Å²) < 4.78 is 28.1. The largest absolute Gasteiger partial charge is 0.493 e. The highest BCUT2D eigenvalue weighted by molar-refractivity contribution is 6.04. The molecule has 3 aliphatic rings. The van der Waals surface area contributed by atoms with Crippen LogP contribution < -0.4 is 14.2 Å². The van der Waals surface area contributed by atoms with E-state index in [1.807, 2.05) is 24.3 Å². The van der Waals surface area contributed by atoms with Gasteiger partial charge in [0, 0.05) is 17.6 Å². The summed E-state index contributed by atoms with van der Waals surface area (Å²) >= 11 is 0. The minimum absolute atomic E-state index is 0.0325. The zero-order valence-corrected chi connectivity index (χ0v) is 15.6. The first-order chi connectivity index (χ1) is 13.0. The average Bonchev–Trinajstić information content (AvgIpc) is 3.24. The van der Waals surface area contributed by atoms with Crippen molar-refractivity contribution in [1.82, 2.24) is 0 Å². The van der Waals surface area contributed by atoms with E-state index in [-0.39, 0.29) is 24.6 Å². The summed E-state index contributed by atoms with van der Waals surface area (Å²) in [5.41, 5.74) is 0.428. The highest BCUT2D eigenvalue weighted by Gasteiger charge is 2.53. The van der Waals surface area contributed by atoms with Crippen LogP contribution in [0.2, 0.25) is 0 Å². The molecule has 2 heterocycles. The summed E-state index contributed by atoms with van der Waals surface area (Å²) in [6.45, 7) is 6.16. The number of allylic oxidation sites excluding steroid dienone is 3. The van der Waals surface area contributed by atoms with Crippen molar-refractivity contribution in [2.45, 2.75) is 19.4 Å². The van der Waals surface area contributed by atoms with Gasteiger partial charge in [0.25, 0.3) is 0 Å². The lowest BCUT2D eigenvalue weighted by Gasteiger charge is -2.31. The lowest BCUT2D eigenvalue weighted by atomic mass is 9.69. The van der Waals surface area contributed by atoms with Gasteiger partial charge in [-0.3, -0.25) is 4.79 Å². The number of methoxy groups -OCH3 is 2. The maximum absolute atomic E-state index is 12.3. The first kappa shape index (κ1) is 17.5. The van der Waals surface area contributed by atoms with Crippen LogP contribution in [0, 0.1) is 11.3 Å². The predicted octanol–water partition coefficient (Wildman–Crippen LogP) is 3.69. The quantitative estimate of drug-likeness (QED) is 0.737. The van der Waals surface area contributed by atoms with Gasteiger partial charge in [0.15, 0.2) is 17.3 Å². The molecule has 2 aliphatic heterocycles. The average molecular weight is 370 g/mol. The van der Waals surface area contributed by atoms with E-state index in [4.69, 9.17) is 23.7 Å². The van der Waals surface area contributed by atoms with E-state index in [1.165, 1.54) is 13.2 Å². The third-order valence-corrected chi connectivity index (χ3v) is 5.58. The summed E-state index contributed by atoms with van der Waals surface area (Å²) in [6.07, 6.45) is 5.61. The van der Waals surface area contributed by atoms with Crippen LogP contribution in [0.25, 0.3) is 0 Å². The van der Waals surface area contributed by atoms with Crippen molar-refractivity contribution in [3.63, 3.8) is 0 Å². The summed E-state index contributed by atoms with van der Waals surface area (Å²) in [5.74, 6) is 2.64. The smallest absolute Gasteiger partial charge is 0.231 e. The molecular weight excluding hydrogens is 348 g/mol. The van der Waals surface area contributed by atoms with E-state index in [0.29, 0.717) is 35.2 Å². The fraction of sp³-hybridized carbons (Fsp3) is 0.381. The van der Waals surface area contributed by atoms with Crippen molar-refractivity contribution in [3.05, 3.63) is 54.0 Å². The lowest BCUT2D eigenvalue weighted by molar-refractivity contribution is -0.114. The van der Waals surface area contributed by atoms with Gasteiger partial charge in [-0.2, -0.15) is 0 Å². The highest BCUT2D eigenvalue weighted by atomic mass is 16.7. The molecule has 6 nitrogen and oxygen atoms in total. The van der Waals surface area contributed by atoms with Gasteiger partial charge in [-0.25, -0.2) is 0 Å². The Labute approximate surface area is 158 Å². The molecule has 0 amide bonds. The SMILES string of the molecule is C=CC[C@@]12C=C(OC)C(=O)C=C1O[C@H](c1cc(OC)c3c(c1)OCO3)[C@H]2C.